The van der Waals surface area contributed by atoms with Gasteiger partial charge in [0.15, 0.2) is 5.78 Å². The summed E-state index contributed by atoms with van der Waals surface area (Å²) in [6.07, 6.45) is 0.830. The molecule has 1 aliphatic rings. The van der Waals surface area contributed by atoms with E-state index in [9.17, 15) is 13.6 Å². The first-order valence-corrected chi connectivity index (χ1v) is 6.17. The zero-order valence-corrected chi connectivity index (χ0v) is 10.7. The lowest BCUT2D eigenvalue weighted by molar-refractivity contribution is -0.152. The second-order valence-corrected chi connectivity index (χ2v) is 4.65. The molecule has 5 heteroatoms. The predicted molar refractivity (Wildman–Crippen MR) is 64.9 cm³/mol. The van der Waals surface area contributed by atoms with Gasteiger partial charge in [-0.3, -0.25) is 4.79 Å². The normalized spacial score (nSPS) is 18.3. The summed E-state index contributed by atoms with van der Waals surface area (Å²) < 4.78 is 36.9. The van der Waals surface area contributed by atoms with Crippen LogP contribution in [0.3, 0.4) is 0 Å². The molecule has 0 unspecified atom stereocenters. The number of rotatable bonds is 4. The molecule has 0 bridgehead atoms. The maximum Gasteiger partial charge on any atom is 0.169 e. The quantitative estimate of drug-likeness (QED) is 0.842. The van der Waals surface area contributed by atoms with E-state index in [1.807, 2.05) is 0 Å². The second kappa shape index (κ2) is 5.75. The van der Waals surface area contributed by atoms with Crippen LogP contribution in [0, 0.1) is 11.6 Å². The minimum Gasteiger partial charge on any atom is -0.381 e. The number of ketones is 1. The highest BCUT2D eigenvalue weighted by Crippen LogP contribution is 2.27. The average molecular weight is 270 g/mol. The number of Topliss-reactive ketones (excluding diaryl/α,β-unsaturated/α-hetero) is 1. The highest BCUT2D eigenvalue weighted by molar-refractivity contribution is 5.89. The standard InChI is InChI=1S/C14H16F2O3/c1-18-14(4-6-19-7-5-14)13(17)8-10-2-3-11(15)9-12(10)16/h2-3,9H,4-8H2,1H3. The Morgan fingerprint density at radius 2 is 2.05 bits per heavy atom. The molecule has 104 valence electrons. The van der Waals surface area contributed by atoms with E-state index in [1.165, 1.54) is 13.2 Å². The first kappa shape index (κ1) is 14.1. The number of ether oxygens (including phenoxy) is 2. The number of halogens is 2. The topological polar surface area (TPSA) is 35.5 Å². The number of hydrogen-bond acceptors (Lipinski definition) is 3. The molecule has 0 amide bonds. The van der Waals surface area contributed by atoms with Crippen LogP contribution >= 0.6 is 0 Å². The SMILES string of the molecule is COC1(C(=O)Cc2ccc(F)cc2F)CCOCC1. The fraction of sp³-hybridized carbons (Fsp3) is 0.500. The highest BCUT2D eigenvalue weighted by Gasteiger charge is 2.39. The minimum absolute atomic E-state index is 0.0973. The van der Waals surface area contributed by atoms with E-state index in [0.29, 0.717) is 26.1 Å². The average Bonchev–Trinajstić information content (AvgIpc) is 2.42. The van der Waals surface area contributed by atoms with Crippen LogP contribution in [0.1, 0.15) is 18.4 Å². The largest absolute Gasteiger partial charge is 0.381 e. The molecule has 0 radical (unpaired) electrons. The Bertz CT molecular complexity index is 468. The van der Waals surface area contributed by atoms with Crippen LogP contribution in [-0.4, -0.2) is 31.7 Å². The van der Waals surface area contributed by atoms with Crippen molar-refractivity contribution in [3.63, 3.8) is 0 Å². The van der Waals surface area contributed by atoms with Gasteiger partial charge in [0.1, 0.15) is 17.2 Å². The number of benzene rings is 1. The van der Waals surface area contributed by atoms with Gasteiger partial charge in [-0.15, -0.1) is 0 Å². The van der Waals surface area contributed by atoms with Crippen molar-refractivity contribution in [2.24, 2.45) is 0 Å². The van der Waals surface area contributed by atoms with Gasteiger partial charge in [0.05, 0.1) is 0 Å². The lowest BCUT2D eigenvalue weighted by Gasteiger charge is -2.34. The van der Waals surface area contributed by atoms with Gasteiger partial charge < -0.3 is 9.47 Å². The number of carbonyl (C=O) groups is 1. The smallest absolute Gasteiger partial charge is 0.169 e. The van der Waals surface area contributed by atoms with Crippen molar-refractivity contribution in [3.05, 3.63) is 35.4 Å². The molecule has 0 aliphatic carbocycles. The van der Waals surface area contributed by atoms with E-state index >= 15 is 0 Å². The molecule has 0 atom stereocenters. The molecule has 1 aromatic carbocycles. The first-order chi connectivity index (χ1) is 9.07. The van der Waals surface area contributed by atoms with Gasteiger partial charge in [0.2, 0.25) is 0 Å². The Kier molecular flexibility index (Phi) is 4.27. The summed E-state index contributed by atoms with van der Waals surface area (Å²) in [5.41, 5.74) is -0.715. The van der Waals surface area contributed by atoms with E-state index < -0.39 is 17.2 Å². The Labute approximate surface area is 110 Å². The van der Waals surface area contributed by atoms with E-state index in [-0.39, 0.29) is 17.8 Å². The van der Waals surface area contributed by atoms with Gasteiger partial charge >= 0.3 is 0 Å². The number of carbonyl (C=O) groups excluding carboxylic acids is 1. The van der Waals surface area contributed by atoms with E-state index in [4.69, 9.17) is 9.47 Å². The van der Waals surface area contributed by atoms with Crippen LogP contribution in [0.15, 0.2) is 18.2 Å². The number of methoxy groups -OCH3 is 1. The third-order valence-electron chi connectivity index (χ3n) is 3.57. The molecule has 1 aromatic rings. The van der Waals surface area contributed by atoms with Gasteiger partial charge in [0.25, 0.3) is 0 Å². The first-order valence-electron chi connectivity index (χ1n) is 6.17. The van der Waals surface area contributed by atoms with Crippen molar-refractivity contribution in [3.8, 4) is 0 Å². The van der Waals surface area contributed by atoms with Crippen molar-refractivity contribution in [2.75, 3.05) is 20.3 Å². The van der Waals surface area contributed by atoms with Crippen molar-refractivity contribution in [1.82, 2.24) is 0 Å². The lowest BCUT2D eigenvalue weighted by atomic mass is 9.86. The van der Waals surface area contributed by atoms with Crippen LogP contribution in [0.4, 0.5) is 8.78 Å². The summed E-state index contributed by atoms with van der Waals surface area (Å²) in [6.45, 7) is 0.900. The molecule has 3 nitrogen and oxygen atoms in total. The molecular formula is C14H16F2O3. The molecule has 0 spiro atoms. The Morgan fingerprint density at radius 3 is 2.63 bits per heavy atom. The van der Waals surface area contributed by atoms with Crippen LogP contribution in [0.2, 0.25) is 0 Å². The van der Waals surface area contributed by atoms with E-state index in [1.54, 1.807) is 0 Å². The van der Waals surface area contributed by atoms with Crippen LogP contribution in [-0.2, 0) is 20.7 Å². The molecule has 0 N–H and O–H groups in total. The molecule has 1 aliphatic heterocycles. The second-order valence-electron chi connectivity index (χ2n) is 4.65. The zero-order chi connectivity index (χ0) is 13.9. The Morgan fingerprint density at radius 1 is 1.37 bits per heavy atom. The molecular weight excluding hydrogens is 254 g/mol. The summed E-state index contributed by atoms with van der Waals surface area (Å²) in [7, 11) is 1.48. The van der Waals surface area contributed by atoms with Crippen molar-refractivity contribution < 1.29 is 23.0 Å². The summed E-state index contributed by atoms with van der Waals surface area (Å²) in [5.74, 6) is -1.54. The van der Waals surface area contributed by atoms with Crippen molar-refractivity contribution >= 4 is 5.78 Å². The fourth-order valence-electron chi connectivity index (χ4n) is 2.30. The summed E-state index contributed by atoms with van der Waals surface area (Å²) in [5, 5.41) is 0. The molecule has 1 fully saturated rings. The minimum atomic E-state index is -0.904. The van der Waals surface area contributed by atoms with Crippen LogP contribution in [0.5, 0.6) is 0 Å². The lowest BCUT2D eigenvalue weighted by Crippen LogP contribution is -2.46. The fourth-order valence-corrected chi connectivity index (χ4v) is 2.30. The number of hydrogen-bond donors (Lipinski definition) is 0. The van der Waals surface area contributed by atoms with Gasteiger partial charge in [-0.1, -0.05) is 6.07 Å². The predicted octanol–water partition coefficient (Wildman–Crippen LogP) is 2.27. The van der Waals surface area contributed by atoms with Gasteiger partial charge in [-0.25, -0.2) is 8.78 Å². The van der Waals surface area contributed by atoms with Crippen LogP contribution < -0.4 is 0 Å². The molecule has 1 heterocycles. The molecule has 19 heavy (non-hydrogen) atoms. The van der Waals surface area contributed by atoms with E-state index in [0.717, 1.165) is 12.1 Å². The highest BCUT2D eigenvalue weighted by atomic mass is 19.1. The summed E-state index contributed by atoms with van der Waals surface area (Å²) in [6, 6.07) is 3.23. The van der Waals surface area contributed by atoms with Gasteiger partial charge in [-0.2, -0.15) is 0 Å². The van der Waals surface area contributed by atoms with Crippen molar-refractivity contribution in [1.29, 1.82) is 0 Å². The molecule has 0 aromatic heterocycles. The summed E-state index contributed by atoms with van der Waals surface area (Å²) >= 11 is 0. The third kappa shape index (κ3) is 2.98. The maximum absolute atomic E-state index is 13.5. The zero-order valence-electron chi connectivity index (χ0n) is 10.7. The maximum atomic E-state index is 13.5. The van der Waals surface area contributed by atoms with E-state index in [2.05, 4.69) is 0 Å². The Balaban J connectivity index is 2.15. The Hall–Kier alpha value is -1.33. The van der Waals surface area contributed by atoms with Crippen LogP contribution in [0.25, 0.3) is 0 Å². The molecule has 2 rings (SSSR count). The van der Waals surface area contributed by atoms with Gasteiger partial charge in [-0.05, 0) is 11.6 Å². The molecule has 1 saturated heterocycles. The van der Waals surface area contributed by atoms with Crippen molar-refractivity contribution in [2.45, 2.75) is 24.9 Å². The summed E-state index contributed by atoms with van der Waals surface area (Å²) in [4.78, 5) is 12.3. The van der Waals surface area contributed by atoms with Gasteiger partial charge in [0, 0.05) is 45.7 Å². The molecule has 0 saturated carbocycles. The third-order valence-corrected chi connectivity index (χ3v) is 3.57. The monoisotopic (exact) mass is 270 g/mol.